The second-order valence-electron chi connectivity index (χ2n) is 9.76. The van der Waals surface area contributed by atoms with Crippen LogP contribution in [0.15, 0.2) is 67.1 Å². The van der Waals surface area contributed by atoms with Gasteiger partial charge in [0.25, 0.3) is 5.91 Å². The molecule has 1 aromatic carbocycles. The van der Waals surface area contributed by atoms with Crippen LogP contribution in [0, 0.1) is 12.8 Å². The Balaban J connectivity index is 1.24. The second kappa shape index (κ2) is 9.54. The zero-order valence-electron chi connectivity index (χ0n) is 20.4. The fourth-order valence-electron chi connectivity index (χ4n) is 4.33. The molecule has 0 spiro atoms. The molecule has 2 saturated carbocycles. The van der Waals surface area contributed by atoms with Gasteiger partial charge < -0.3 is 10.6 Å². The minimum atomic E-state index is -0.280. The van der Waals surface area contributed by atoms with Gasteiger partial charge in [0.1, 0.15) is 5.82 Å². The molecule has 0 unspecified atom stereocenters. The van der Waals surface area contributed by atoms with Gasteiger partial charge in [-0.3, -0.25) is 14.6 Å². The van der Waals surface area contributed by atoms with Crippen LogP contribution >= 0.6 is 0 Å². The Bertz CT molecular complexity index is 1510. The van der Waals surface area contributed by atoms with Gasteiger partial charge in [0.2, 0.25) is 5.91 Å². The van der Waals surface area contributed by atoms with Crippen LogP contribution in [0.4, 0.5) is 11.5 Å². The number of benzene rings is 1. The van der Waals surface area contributed by atoms with E-state index in [1.54, 1.807) is 18.6 Å². The Kier molecular flexibility index (Phi) is 5.92. The third-order valence-electron chi connectivity index (χ3n) is 6.78. The van der Waals surface area contributed by atoms with Gasteiger partial charge in [-0.05, 0) is 103 Å². The fourth-order valence-corrected chi connectivity index (χ4v) is 4.33. The molecule has 3 aromatic heterocycles. The van der Waals surface area contributed by atoms with Crippen molar-refractivity contribution in [2.24, 2.45) is 5.92 Å². The van der Waals surface area contributed by atoms with Crippen molar-refractivity contribution in [3.8, 4) is 22.4 Å². The molecule has 6 rings (SSSR count). The number of aryl methyl sites for hydroxylation is 1. The minimum Gasteiger partial charge on any atom is -0.321 e. The molecule has 0 saturated heterocycles. The highest BCUT2D eigenvalue weighted by atomic mass is 16.2. The van der Waals surface area contributed by atoms with E-state index in [0.717, 1.165) is 59.2 Å². The van der Waals surface area contributed by atoms with E-state index in [1.165, 1.54) is 0 Å². The average Bonchev–Trinajstić information content (AvgIpc) is 3.83. The van der Waals surface area contributed by atoms with E-state index in [4.69, 9.17) is 0 Å². The number of aromatic nitrogens is 4. The number of rotatable bonds is 7. The second-order valence-corrected chi connectivity index (χ2v) is 9.76. The van der Waals surface area contributed by atoms with E-state index in [0.29, 0.717) is 23.1 Å². The lowest BCUT2D eigenvalue weighted by molar-refractivity contribution is -0.117. The molecule has 3 heterocycles. The number of nitrogens with one attached hydrogen (secondary N) is 2. The van der Waals surface area contributed by atoms with E-state index < -0.39 is 0 Å². The van der Waals surface area contributed by atoms with Gasteiger partial charge in [0, 0.05) is 29.6 Å². The molecule has 8 nitrogen and oxygen atoms in total. The summed E-state index contributed by atoms with van der Waals surface area (Å²) in [4.78, 5) is 33.8. The molecule has 0 radical (unpaired) electrons. The van der Waals surface area contributed by atoms with Crippen LogP contribution in [0.5, 0.6) is 0 Å². The number of carbonyl (C=O) groups is 2. The van der Waals surface area contributed by atoms with Crippen molar-refractivity contribution < 1.29 is 9.59 Å². The molecule has 4 aromatic rings. The van der Waals surface area contributed by atoms with E-state index in [9.17, 15) is 9.59 Å². The summed E-state index contributed by atoms with van der Waals surface area (Å²) in [6, 6.07) is 15.3. The van der Waals surface area contributed by atoms with E-state index >= 15 is 0 Å². The summed E-state index contributed by atoms with van der Waals surface area (Å²) < 4.78 is 0. The zero-order valence-corrected chi connectivity index (χ0v) is 20.4. The van der Waals surface area contributed by atoms with Crippen LogP contribution < -0.4 is 10.6 Å². The molecular formula is C29H26N6O2. The summed E-state index contributed by atoms with van der Waals surface area (Å²) >= 11 is 0. The Morgan fingerprint density at radius 3 is 2.49 bits per heavy atom. The van der Waals surface area contributed by atoms with Crippen molar-refractivity contribution in [2.45, 2.75) is 38.5 Å². The van der Waals surface area contributed by atoms with Crippen molar-refractivity contribution in [1.29, 1.82) is 0 Å². The van der Waals surface area contributed by atoms with E-state index in [-0.39, 0.29) is 17.7 Å². The maximum absolute atomic E-state index is 12.9. The number of hydrogen-bond acceptors (Lipinski definition) is 6. The van der Waals surface area contributed by atoms with Crippen molar-refractivity contribution in [3.63, 3.8) is 0 Å². The third kappa shape index (κ3) is 5.23. The highest BCUT2D eigenvalue weighted by Gasteiger charge is 2.30. The first-order chi connectivity index (χ1) is 18.0. The summed E-state index contributed by atoms with van der Waals surface area (Å²) in [5.74, 6) is 0.872. The maximum Gasteiger partial charge on any atom is 0.276 e. The Morgan fingerprint density at radius 2 is 1.68 bits per heavy atom. The van der Waals surface area contributed by atoms with Gasteiger partial charge in [0.05, 0.1) is 11.9 Å². The highest BCUT2D eigenvalue weighted by molar-refractivity contribution is 6.03. The largest absolute Gasteiger partial charge is 0.321 e. The molecule has 2 aliphatic carbocycles. The highest BCUT2D eigenvalue weighted by Crippen LogP contribution is 2.39. The standard InChI is InChI=1S/C29H26N6O2/c1-17-2-7-23(33-29(37)26-13-22(16-32-35-26)18-3-4-18)15-24(17)20-8-10-30-25(12-20)21-9-11-31-27(14-21)34-28(36)19-5-6-19/h2,7-16,18-19H,3-6H2,1H3,(H,33,37)(H,31,34,36). The van der Waals surface area contributed by atoms with Crippen LogP contribution in [0.2, 0.25) is 0 Å². The quantitative estimate of drug-likeness (QED) is 0.360. The molecule has 0 aliphatic heterocycles. The average molecular weight is 491 g/mol. The van der Waals surface area contributed by atoms with Crippen molar-refractivity contribution >= 4 is 23.3 Å². The van der Waals surface area contributed by atoms with Gasteiger partial charge >= 0.3 is 0 Å². The number of nitrogens with zero attached hydrogens (tertiary/aromatic N) is 4. The van der Waals surface area contributed by atoms with Gasteiger partial charge in [-0.2, -0.15) is 5.10 Å². The number of anilines is 2. The first-order valence-corrected chi connectivity index (χ1v) is 12.5. The summed E-state index contributed by atoms with van der Waals surface area (Å²) in [6.07, 6.45) is 9.33. The first kappa shape index (κ1) is 23.0. The van der Waals surface area contributed by atoms with Crippen molar-refractivity contribution in [1.82, 2.24) is 20.2 Å². The van der Waals surface area contributed by atoms with E-state index in [1.807, 2.05) is 55.5 Å². The third-order valence-corrected chi connectivity index (χ3v) is 6.78. The van der Waals surface area contributed by atoms with Crippen LogP contribution in [0.3, 0.4) is 0 Å². The zero-order chi connectivity index (χ0) is 25.4. The molecule has 184 valence electrons. The Morgan fingerprint density at radius 1 is 0.865 bits per heavy atom. The monoisotopic (exact) mass is 490 g/mol. The molecule has 2 N–H and O–H groups in total. The van der Waals surface area contributed by atoms with E-state index in [2.05, 4.69) is 30.8 Å². The molecule has 0 atom stereocenters. The van der Waals surface area contributed by atoms with Gasteiger partial charge in [-0.15, -0.1) is 5.10 Å². The molecule has 8 heteroatoms. The number of amides is 2. The van der Waals surface area contributed by atoms with Crippen LogP contribution in [0.1, 0.15) is 53.2 Å². The summed E-state index contributed by atoms with van der Waals surface area (Å²) in [5.41, 5.74) is 6.71. The topological polar surface area (TPSA) is 110 Å². The predicted molar refractivity (Wildman–Crippen MR) is 141 cm³/mol. The van der Waals surface area contributed by atoms with Gasteiger partial charge in [-0.1, -0.05) is 6.07 Å². The molecular weight excluding hydrogens is 464 g/mol. The number of pyridine rings is 2. The van der Waals surface area contributed by atoms with Crippen molar-refractivity contribution in [3.05, 3.63) is 83.9 Å². The Labute approximate surface area is 214 Å². The summed E-state index contributed by atoms with van der Waals surface area (Å²) in [7, 11) is 0. The molecule has 2 fully saturated rings. The molecule has 2 aliphatic rings. The normalized spacial score (nSPS) is 14.7. The lowest BCUT2D eigenvalue weighted by atomic mass is 9.99. The predicted octanol–water partition coefficient (Wildman–Crippen LogP) is 5.39. The van der Waals surface area contributed by atoms with Gasteiger partial charge in [0.15, 0.2) is 5.69 Å². The lowest BCUT2D eigenvalue weighted by Gasteiger charge is -2.12. The Hall–Kier alpha value is -4.46. The fraction of sp³-hybridized carbons (Fsp3) is 0.241. The molecule has 37 heavy (non-hydrogen) atoms. The number of hydrogen-bond donors (Lipinski definition) is 2. The van der Waals surface area contributed by atoms with Crippen LogP contribution in [-0.4, -0.2) is 32.0 Å². The first-order valence-electron chi connectivity index (χ1n) is 12.5. The summed E-state index contributed by atoms with van der Waals surface area (Å²) in [6.45, 7) is 2.03. The maximum atomic E-state index is 12.9. The van der Waals surface area contributed by atoms with Crippen LogP contribution in [0.25, 0.3) is 22.4 Å². The number of carbonyl (C=O) groups excluding carboxylic acids is 2. The smallest absolute Gasteiger partial charge is 0.276 e. The minimum absolute atomic E-state index is 0.0195. The van der Waals surface area contributed by atoms with Gasteiger partial charge in [-0.25, -0.2) is 4.98 Å². The van der Waals surface area contributed by atoms with Crippen molar-refractivity contribution in [2.75, 3.05) is 10.6 Å². The molecule has 2 amide bonds. The summed E-state index contributed by atoms with van der Waals surface area (Å²) in [5, 5.41) is 13.9. The SMILES string of the molecule is Cc1ccc(NC(=O)c2cc(C3CC3)cnn2)cc1-c1ccnc(-c2ccnc(NC(=O)C3CC3)c2)c1. The molecule has 0 bridgehead atoms. The lowest BCUT2D eigenvalue weighted by Crippen LogP contribution is -2.14. The van der Waals surface area contributed by atoms with Crippen LogP contribution in [-0.2, 0) is 4.79 Å².